The van der Waals surface area contributed by atoms with E-state index in [4.69, 9.17) is 21.1 Å². The van der Waals surface area contributed by atoms with Crippen LogP contribution in [-0.4, -0.2) is 223 Å². The highest BCUT2D eigenvalue weighted by atomic mass is 35.5. The molecular weight excluding hydrogens is 1210 g/mol. The Bertz CT molecular complexity index is 3220. The summed E-state index contributed by atoms with van der Waals surface area (Å²) >= 11 is 7.54. The summed E-state index contributed by atoms with van der Waals surface area (Å²) in [5, 5.41) is 13.3. The standard InChI is InChI=1S/C63H80ClF2N11O12S/c1-37-54(79)70-49(32-45-34-90-36-67-45)59(84)73(6)38(2)57(82)75(26-28-89-9)33-52(78)68-48(30-40-14-20-43(65)21-15-40)61(86)77-35-63(3,4)53(77)56(81)71-47(29-39-12-18-42(64)19-13-39)60(85)74(7)51(31-41-16-22-44(66)23-17-41)62(87)76-25-10-11-50(76)55(80)69-46(24-27-88-8)58(83)72(37)5/h12-23,34,36-38,46-51,53H,10-11,24-33,35H2,1-9H3,(H,68,78)(H,69,80)(H,70,79)(H,71,81)/t37-,38+,46-,47-,48-,49-,50+,51-,53+/m0/s1. The molecule has 3 saturated heterocycles. The minimum Gasteiger partial charge on any atom is -0.385 e. The van der Waals surface area contributed by atoms with Crippen molar-refractivity contribution in [3.8, 4) is 0 Å². The predicted octanol–water partition coefficient (Wildman–Crippen LogP) is 2.56. The Balaban J connectivity index is 1.31. The number of benzene rings is 3. The van der Waals surface area contributed by atoms with Gasteiger partial charge < -0.3 is 60.1 Å². The number of halogens is 3. The number of likely N-dealkylation sites (N-methyl/N-ethyl adjacent to an activating group) is 3. The lowest BCUT2D eigenvalue weighted by molar-refractivity contribution is -0.164. The topological polar surface area (TPSA) is 270 Å². The van der Waals surface area contributed by atoms with E-state index in [0.29, 0.717) is 33.8 Å². The first-order valence-electron chi connectivity index (χ1n) is 29.7. The van der Waals surface area contributed by atoms with Gasteiger partial charge in [-0.3, -0.25) is 47.9 Å². The van der Waals surface area contributed by atoms with Gasteiger partial charge in [-0.2, -0.15) is 0 Å². The Labute approximate surface area is 531 Å². The summed E-state index contributed by atoms with van der Waals surface area (Å²) in [4.78, 5) is 160. The van der Waals surface area contributed by atoms with Gasteiger partial charge in [0.1, 0.15) is 66.0 Å². The molecule has 9 atom stereocenters. The predicted molar refractivity (Wildman–Crippen MR) is 329 cm³/mol. The molecule has 3 aliphatic rings. The number of rotatable bonds is 14. The summed E-state index contributed by atoms with van der Waals surface area (Å²) in [5.74, 6) is -8.54. The summed E-state index contributed by atoms with van der Waals surface area (Å²) in [6.07, 6.45) is -0.266. The number of nitrogens with zero attached hydrogens (tertiary/aromatic N) is 7. The van der Waals surface area contributed by atoms with Crippen LogP contribution in [0.25, 0.3) is 0 Å². The van der Waals surface area contributed by atoms with Crippen LogP contribution in [0.15, 0.2) is 83.7 Å². The van der Waals surface area contributed by atoms with Crippen LogP contribution < -0.4 is 21.3 Å². The molecule has 3 fully saturated rings. The van der Waals surface area contributed by atoms with Gasteiger partial charge in [0.2, 0.25) is 59.1 Å². The molecule has 1 aromatic heterocycles. The number of aromatic nitrogens is 1. The zero-order valence-corrected chi connectivity index (χ0v) is 53.6. The van der Waals surface area contributed by atoms with Crippen molar-refractivity contribution in [3.63, 3.8) is 0 Å². The first-order valence-corrected chi connectivity index (χ1v) is 31.0. The molecule has 4 heterocycles. The van der Waals surface area contributed by atoms with E-state index in [-0.39, 0.29) is 71.4 Å². The number of hydrogen-bond acceptors (Lipinski definition) is 14. The van der Waals surface area contributed by atoms with E-state index in [1.807, 2.05) is 0 Å². The molecular formula is C63H80ClF2N11O12S. The zero-order valence-electron chi connectivity index (χ0n) is 52.0. The molecule has 4 aromatic rings. The van der Waals surface area contributed by atoms with Crippen molar-refractivity contribution >= 4 is 82.0 Å². The van der Waals surface area contributed by atoms with E-state index >= 15 is 19.2 Å². The van der Waals surface area contributed by atoms with E-state index < -0.39 is 137 Å². The van der Waals surface area contributed by atoms with E-state index in [1.165, 1.54) is 129 Å². The number of fused-ring (bicyclic) bond motifs is 2. The van der Waals surface area contributed by atoms with Gasteiger partial charge in [0.15, 0.2) is 0 Å². The third kappa shape index (κ3) is 17.3. The molecule has 0 saturated carbocycles. The summed E-state index contributed by atoms with van der Waals surface area (Å²) in [5.41, 5.74) is 2.44. The van der Waals surface area contributed by atoms with Crippen LogP contribution in [0.2, 0.25) is 5.02 Å². The second-order valence-corrected chi connectivity index (χ2v) is 24.9. The molecule has 10 amide bonds. The molecule has 27 heteroatoms. The van der Waals surface area contributed by atoms with Crippen molar-refractivity contribution in [2.24, 2.45) is 5.41 Å². The lowest BCUT2D eigenvalue weighted by Gasteiger charge is -2.54. The molecule has 3 aliphatic heterocycles. The Morgan fingerprint density at radius 1 is 0.600 bits per heavy atom. The van der Waals surface area contributed by atoms with Crippen molar-refractivity contribution in [1.29, 1.82) is 0 Å². The van der Waals surface area contributed by atoms with Gasteiger partial charge in [0.25, 0.3) is 0 Å². The first kappa shape index (κ1) is 69.5. The lowest BCUT2D eigenvalue weighted by atomic mass is 9.73. The third-order valence-electron chi connectivity index (χ3n) is 16.9. The molecule has 0 bridgehead atoms. The molecule has 0 spiro atoms. The maximum absolute atomic E-state index is 15.4. The van der Waals surface area contributed by atoms with Crippen LogP contribution >= 0.6 is 22.9 Å². The number of ether oxygens (including phenoxy) is 2. The highest BCUT2D eigenvalue weighted by molar-refractivity contribution is 7.07. The number of carbonyl (C=O) groups is 10. The van der Waals surface area contributed by atoms with Gasteiger partial charge in [-0.1, -0.05) is 61.8 Å². The third-order valence-corrected chi connectivity index (χ3v) is 17.8. The largest absolute Gasteiger partial charge is 0.385 e. The summed E-state index contributed by atoms with van der Waals surface area (Å²) in [6, 6.07) is 5.13. The summed E-state index contributed by atoms with van der Waals surface area (Å²) in [7, 11) is 6.86. The fourth-order valence-corrected chi connectivity index (χ4v) is 12.2. The van der Waals surface area contributed by atoms with Crippen molar-refractivity contribution in [2.45, 2.75) is 127 Å². The molecule has 90 heavy (non-hydrogen) atoms. The molecule has 3 aromatic carbocycles. The first-order chi connectivity index (χ1) is 42.7. The van der Waals surface area contributed by atoms with Crippen LogP contribution in [0.5, 0.6) is 0 Å². The van der Waals surface area contributed by atoms with Gasteiger partial charge in [-0.05, 0) is 86.2 Å². The Hall–Kier alpha value is -7.94. The number of thiazole rings is 1. The average Bonchev–Trinajstić information content (AvgIpc) is 0.948. The van der Waals surface area contributed by atoms with E-state index in [1.54, 1.807) is 43.5 Å². The maximum atomic E-state index is 15.4. The van der Waals surface area contributed by atoms with Crippen molar-refractivity contribution in [1.82, 2.24) is 55.7 Å². The van der Waals surface area contributed by atoms with Crippen LogP contribution in [0, 0.1) is 17.0 Å². The van der Waals surface area contributed by atoms with Gasteiger partial charge in [0.05, 0.1) is 24.4 Å². The zero-order chi connectivity index (χ0) is 65.7. The average molecular weight is 1290 g/mol. The van der Waals surface area contributed by atoms with Crippen molar-refractivity contribution < 1.29 is 66.2 Å². The van der Waals surface area contributed by atoms with Crippen LogP contribution in [-0.2, 0) is 83.1 Å². The minimum atomic E-state index is -1.43. The van der Waals surface area contributed by atoms with Crippen LogP contribution in [0.1, 0.15) is 69.3 Å². The Morgan fingerprint density at radius 2 is 1.12 bits per heavy atom. The molecule has 486 valence electrons. The second kappa shape index (κ2) is 31.2. The van der Waals surface area contributed by atoms with Gasteiger partial charge in [0, 0.05) is 103 Å². The van der Waals surface area contributed by atoms with Crippen molar-refractivity contribution in [2.75, 3.05) is 74.8 Å². The highest BCUT2D eigenvalue weighted by Gasteiger charge is 2.54. The van der Waals surface area contributed by atoms with Crippen LogP contribution in [0.3, 0.4) is 0 Å². The number of carbonyl (C=O) groups excluding carboxylic acids is 10. The maximum Gasteiger partial charge on any atom is 0.246 e. The number of hydrogen-bond donors (Lipinski definition) is 4. The smallest absolute Gasteiger partial charge is 0.246 e. The fourth-order valence-electron chi connectivity index (χ4n) is 11.5. The second-order valence-electron chi connectivity index (χ2n) is 23.8. The van der Waals surface area contributed by atoms with Crippen LogP contribution in [0.4, 0.5) is 8.78 Å². The number of methoxy groups -OCH3 is 2. The van der Waals surface area contributed by atoms with E-state index in [9.17, 15) is 37.5 Å². The highest BCUT2D eigenvalue weighted by Crippen LogP contribution is 2.38. The molecule has 7 rings (SSSR count). The molecule has 4 N–H and O–H groups in total. The minimum absolute atomic E-state index is 0.00855. The molecule has 0 aliphatic carbocycles. The van der Waals surface area contributed by atoms with Crippen molar-refractivity contribution in [3.05, 3.63) is 123 Å². The SMILES string of the molecule is COCC[C@@H]1NC(=O)[C@H]2CCCN2C(=O)[C@H](Cc2ccc(F)cc2)N(C)C(=O)[C@H](Cc2ccc(Cl)cc2)NC(=O)[C@H]2N(CC2(C)C)C(=O)[C@H](Cc2ccc(F)cc2)NC(=O)CN(CCOC)C(=O)[C@@H](C)N(C)C(=O)[C@H](Cc2cscn2)NC(=O)[C@H](C)N(C)C1=O. The van der Waals surface area contributed by atoms with E-state index in [2.05, 4.69) is 26.3 Å². The lowest BCUT2D eigenvalue weighted by Crippen LogP contribution is -2.72. The van der Waals surface area contributed by atoms with Gasteiger partial charge >= 0.3 is 0 Å². The summed E-state index contributed by atoms with van der Waals surface area (Å²) in [6.45, 7) is 5.47. The monoisotopic (exact) mass is 1290 g/mol. The molecule has 23 nitrogen and oxygen atoms in total. The van der Waals surface area contributed by atoms with Gasteiger partial charge in [-0.15, -0.1) is 11.3 Å². The fraction of sp³-hybridized carbons (Fsp3) is 0.508. The Kier molecular flexibility index (Phi) is 24.1. The normalized spacial score (nSPS) is 25.1. The molecule has 0 unspecified atom stereocenters. The van der Waals surface area contributed by atoms with E-state index in [0.717, 1.165) is 14.7 Å². The number of amides is 10. The molecule has 0 radical (unpaired) electrons. The Morgan fingerprint density at radius 3 is 1.70 bits per heavy atom. The quantitative estimate of drug-likeness (QED) is 0.142. The number of nitrogens with one attached hydrogen (secondary N) is 4. The van der Waals surface area contributed by atoms with Gasteiger partial charge in [-0.25, -0.2) is 13.8 Å². The summed E-state index contributed by atoms with van der Waals surface area (Å²) < 4.78 is 39.4.